The first-order chi connectivity index (χ1) is 9.16. The standard InChI is InChI=1S/C15H23N3O/c1-18-9-5-6-12(11-18)10-17-15(19)14(16)13-7-3-2-4-8-13/h2-4,7-8,12,14H,5-6,9-11,16H2,1H3,(H,17,19)/t12?,14-/m1/s1. The van der Waals surface area contributed by atoms with Crippen LogP contribution in [0.5, 0.6) is 0 Å². The van der Waals surface area contributed by atoms with Gasteiger partial charge in [-0.15, -0.1) is 0 Å². The molecule has 1 aromatic rings. The van der Waals surface area contributed by atoms with Crippen molar-refractivity contribution in [2.45, 2.75) is 18.9 Å². The van der Waals surface area contributed by atoms with E-state index < -0.39 is 6.04 Å². The molecule has 1 aliphatic heterocycles. The van der Waals surface area contributed by atoms with Crippen molar-refractivity contribution in [2.75, 3.05) is 26.7 Å². The fourth-order valence-electron chi connectivity index (χ4n) is 2.61. The molecule has 0 aromatic heterocycles. The van der Waals surface area contributed by atoms with Crippen molar-refractivity contribution in [3.8, 4) is 0 Å². The van der Waals surface area contributed by atoms with Crippen molar-refractivity contribution < 1.29 is 4.79 Å². The number of piperidine rings is 1. The number of rotatable bonds is 4. The number of hydrogen-bond donors (Lipinski definition) is 2. The van der Waals surface area contributed by atoms with Crippen molar-refractivity contribution >= 4 is 5.91 Å². The Bertz CT molecular complexity index is 407. The lowest BCUT2D eigenvalue weighted by Gasteiger charge is -2.30. The minimum Gasteiger partial charge on any atom is -0.354 e. The zero-order valence-electron chi connectivity index (χ0n) is 11.5. The summed E-state index contributed by atoms with van der Waals surface area (Å²) in [5.74, 6) is 0.463. The van der Waals surface area contributed by atoms with Crippen LogP contribution in [0.4, 0.5) is 0 Å². The number of amides is 1. The maximum atomic E-state index is 12.0. The number of likely N-dealkylation sites (tertiary alicyclic amines) is 1. The third-order valence-corrected chi connectivity index (χ3v) is 3.73. The van der Waals surface area contributed by atoms with E-state index in [1.807, 2.05) is 30.3 Å². The van der Waals surface area contributed by atoms with Gasteiger partial charge in [0.15, 0.2) is 0 Å². The van der Waals surface area contributed by atoms with Crippen LogP contribution >= 0.6 is 0 Å². The van der Waals surface area contributed by atoms with Gasteiger partial charge in [-0.2, -0.15) is 0 Å². The van der Waals surface area contributed by atoms with E-state index >= 15 is 0 Å². The number of nitrogens with zero attached hydrogens (tertiary/aromatic N) is 1. The first kappa shape index (κ1) is 14.0. The Morgan fingerprint density at radius 3 is 2.89 bits per heavy atom. The summed E-state index contributed by atoms with van der Waals surface area (Å²) in [5, 5.41) is 2.98. The maximum Gasteiger partial charge on any atom is 0.241 e. The Balaban J connectivity index is 1.81. The monoisotopic (exact) mass is 261 g/mol. The molecular weight excluding hydrogens is 238 g/mol. The molecule has 19 heavy (non-hydrogen) atoms. The van der Waals surface area contributed by atoms with Gasteiger partial charge in [0.2, 0.25) is 5.91 Å². The second kappa shape index (κ2) is 6.68. The summed E-state index contributed by atoms with van der Waals surface area (Å²) in [6, 6.07) is 8.93. The molecule has 2 rings (SSSR count). The van der Waals surface area contributed by atoms with Gasteiger partial charge in [-0.1, -0.05) is 30.3 Å². The van der Waals surface area contributed by atoms with Crippen molar-refractivity contribution in [2.24, 2.45) is 11.7 Å². The predicted molar refractivity (Wildman–Crippen MR) is 76.6 cm³/mol. The second-order valence-electron chi connectivity index (χ2n) is 5.40. The Kier molecular flexibility index (Phi) is 4.93. The molecule has 0 aliphatic carbocycles. The highest BCUT2D eigenvalue weighted by Gasteiger charge is 2.20. The molecule has 2 atom stereocenters. The van der Waals surface area contributed by atoms with Crippen molar-refractivity contribution in [3.05, 3.63) is 35.9 Å². The van der Waals surface area contributed by atoms with Crippen LogP contribution < -0.4 is 11.1 Å². The molecule has 1 unspecified atom stereocenters. The van der Waals surface area contributed by atoms with Crippen LogP contribution in [0.15, 0.2) is 30.3 Å². The molecule has 0 saturated carbocycles. The lowest BCUT2D eigenvalue weighted by Crippen LogP contribution is -2.41. The van der Waals surface area contributed by atoms with Gasteiger partial charge >= 0.3 is 0 Å². The number of hydrogen-bond acceptors (Lipinski definition) is 3. The van der Waals surface area contributed by atoms with Gasteiger partial charge in [0.1, 0.15) is 6.04 Å². The molecule has 4 heteroatoms. The molecule has 0 spiro atoms. The lowest BCUT2D eigenvalue weighted by atomic mass is 9.98. The molecular formula is C15H23N3O. The van der Waals surface area contributed by atoms with Gasteiger partial charge in [-0.25, -0.2) is 0 Å². The van der Waals surface area contributed by atoms with Crippen LogP contribution in [0, 0.1) is 5.92 Å². The molecule has 1 aromatic carbocycles. The summed E-state index contributed by atoms with van der Waals surface area (Å²) < 4.78 is 0. The van der Waals surface area contributed by atoms with Crippen molar-refractivity contribution in [1.29, 1.82) is 0 Å². The van der Waals surface area contributed by atoms with E-state index in [0.717, 1.165) is 25.2 Å². The SMILES string of the molecule is CN1CCCC(CNC(=O)[C@H](N)c2ccccc2)C1. The molecule has 1 saturated heterocycles. The van der Waals surface area contributed by atoms with Gasteiger partial charge in [0.25, 0.3) is 0 Å². The highest BCUT2D eigenvalue weighted by atomic mass is 16.2. The lowest BCUT2D eigenvalue weighted by molar-refractivity contribution is -0.122. The Hall–Kier alpha value is -1.39. The number of carbonyl (C=O) groups excluding carboxylic acids is 1. The molecule has 1 heterocycles. The van der Waals surface area contributed by atoms with Crippen LogP contribution in [-0.4, -0.2) is 37.5 Å². The summed E-state index contributed by atoms with van der Waals surface area (Å²) >= 11 is 0. The van der Waals surface area contributed by atoms with Crippen LogP contribution in [-0.2, 0) is 4.79 Å². The molecule has 1 fully saturated rings. The number of carbonyl (C=O) groups is 1. The topological polar surface area (TPSA) is 58.4 Å². The normalized spacial score (nSPS) is 21.9. The second-order valence-corrected chi connectivity index (χ2v) is 5.40. The number of nitrogens with one attached hydrogen (secondary N) is 1. The average Bonchev–Trinajstić information content (AvgIpc) is 2.45. The highest BCUT2D eigenvalue weighted by Crippen LogP contribution is 2.15. The van der Waals surface area contributed by atoms with E-state index in [9.17, 15) is 4.79 Å². The van der Waals surface area contributed by atoms with Gasteiger partial charge in [-0.05, 0) is 37.9 Å². The summed E-state index contributed by atoms with van der Waals surface area (Å²) in [4.78, 5) is 14.3. The van der Waals surface area contributed by atoms with E-state index in [4.69, 9.17) is 5.73 Å². The van der Waals surface area contributed by atoms with Crippen molar-refractivity contribution in [3.63, 3.8) is 0 Å². The average molecular weight is 261 g/mol. The summed E-state index contributed by atoms with van der Waals surface area (Å²) in [6.45, 7) is 2.94. The molecule has 4 nitrogen and oxygen atoms in total. The highest BCUT2D eigenvalue weighted by molar-refractivity contribution is 5.82. The Morgan fingerprint density at radius 2 is 2.21 bits per heavy atom. The fourth-order valence-corrected chi connectivity index (χ4v) is 2.61. The van der Waals surface area contributed by atoms with Crippen LogP contribution in [0.25, 0.3) is 0 Å². The smallest absolute Gasteiger partial charge is 0.241 e. The van der Waals surface area contributed by atoms with E-state index in [1.54, 1.807) is 0 Å². The summed E-state index contributed by atoms with van der Waals surface area (Å²) in [5.41, 5.74) is 6.82. The molecule has 104 valence electrons. The zero-order chi connectivity index (χ0) is 13.7. The van der Waals surface area contributed by atoms with Gasteiger partial charge < -0.3 is 16.0 Å². The number of benzene rings is 1. The minimum absolute atomic E-state index is 0.0839. The first-order valence-electron chi connectivity index (χ1n) is 6.93. The Labute approximate surface area is 115 Å². The molecule has 0 bridgehead atoms. The zero-order valence-corrected chi connectivity index (χ0v) is 11.5. The quantitative estimate of drug-likeness (QED) is 0.854. The Morgan fingerprint density at radius 1 is 1.47 bits per heavy atom. The van der Waals surface area contributed by atoms with E-state index in [-0.39, 0.29) is 5.91 Å². The number of nitrogens with two attached hydrogens (primary N) is 1. The molecule has 1 amide bonds. The molecule has 3 N–H and O–H groups in total. The van der Waals surface area contributed by atoms with E-state index in [0.29, 0.717) is 5.92 Å². The van der Waals surface area contributed by atoms with Gasteiger partial charge in [-0.3, -0.25) is 4.79 Å². The minimum atomic E-state index is -0.567. The third kappa shape index (κ3) is 4.04. The summed E-state index contributed by atoms with van der Waals surface area (Å²) in [7, 11) is 2.13. The van der Waals surface area contributed by atoms with E-state index in [2.05, 4.69) is 17.3 Å². The van der Waals surface area contributed by atoms with Crippen LogP contribution in [0.2, 0.25) is 0 Å². The van der Waals surface area contributed by atoms with Crippen LogP contribution in [0.3, 0.4) is 0 Å². The summed E-state index contributed by atoms with van der Waals surface area (Å²) in [6.07, 6.45) is 2.40. The van der Waals surface area contributed by atoms with E-state index in [1.165, 1.54) is 12.8 Å². The van der Waals surface area contributed by atoms with Gasteiger partial charge in [0, 0.05) is 13.1 Å². The largest absolute Gasteiger partial charge is 0.354 e. The predicted octanol–water partition coefficient (Wildman–Crippen LogP) is 1.14. The fraction of sp³-hybridized carbons (Fsp3) is 0.533. The third-order valence-electron chi connectivity index (χ3n) is 3.73. The maximum absolute atomic E-state index is 12.0. The first-order valence-corrected chi connectivity index (χ1v) is 6.93. The molecule has 1 aliphatic rings. The molecule has 0 radical (unpaired) electrons. The van der Waals surface area contributed by atoms with Gasteiger partial charge in [0.05, 0.1) is 0 Å². The van der Waals surface area contributed by atoms with Crippen LogP contribution in [0.1, 0.15) is 24.4 Å². The van der Waals surface area contributed by atoms with Crippen molar-refractivity contribution in [1.82, 2.24) is 10.2 Å².